The van der Waals surface area contributed by atoms with Gasteiger partial charge in [0.05, 0.1) is 81.6 Å². The number of rotatable bonds is 32. The molecule has 4 aromatic carbocycles. The molecule has 0 saturated carbocycles. The molecule has 406 valence electrons. The minimum absolute atomic E-state index is 0.0109. The molecule has 6 rings (SSSR count). The van der Waals surface area contributed by atoms with Gasteiger partial charge < -0.3 is 43.5 Å². The molecule has 0 fully saturated rings. The van der Waals surface area contributed by atoms with Crippen molar-refractivity contribution in [2.45, 2.75) is 60.9 Å². The number of nitrogens with zero attached hydrogens (tertiary/aromatic N) is 2. The standard InChI is InChI=1S/C53H69Cl3N4O12S2/c1-38-28-44-46(34-59(2)36-48(44)50(55)29-38)40-9-5-11-43(31-40)74(65,66)58-14-18-70-22-26-72-25-21-69-17-13-57-53(62)52(61)12-6-15-67-19-23-71-24-20-68-16-7-27-73(63,64)42-10-4-8-39(30-42)47-35-60(3)37-49-45(47)32-41(54)33-51(49)56/h4-5,8-11,28-33,46-47,58H,6-7,12-27,34-37H2,1-3H3,(H,57,62). The number of amides is 1. The lowest BCUT2D eigenvalue weighted by Gasteiger charge is -2.33. The van der Waals surface area contributed by atoms with Crippen molar-refractivity contribution in [2.24, 2.45) is 0 Å². The normalized spacial score (nSPS) is 16.2. The second-order valence-corrected chi connectivity index (χ2v) is 23.6. The quantitative estimate of drug-likeness (QED) is 0.0383. The predicted octanol–water partition coefficient (Wildman–Crippen LogP) is 6.82. The molecule has 0 aliphatic carbocycles. The highest BCUT2D eigenvalue weighted by atomic mass is 35.5. The van der Waals surface area contributed by atoms with Crippen LogP contribution in [0.1, 0.15) is 70.0 Å². The third-order valence-electron chi connectivity index (χ3n) is 12.6. The minimum atomic E-state index is -3.77. The van der Waals surface area contributed by atoms with Crippen LogP contribution in [0.2, 0.25) is 15.1 Å². The lowest BCUT2D eigenvalue weighted by molar-refractivity contribution is -0.138. The first-order valence-corrected chi connectivity index (χ1v) is 29.1. The first kappa shape index (κ1) is 59.7. The Morgan fingerprint density at radius 1 is 0.595 bits per heavy atom. The average Bonchev–Trinajstić information content (AvgIpc) is 3.36. The van der Waals surface area contributed by atoms with Gasteiger partial charge in [0, 0.05) is 85.8 Å². The summed E-state index contributed by atoms with van der Waals surface area (Å²) in [5, 5.41) is 4.43. The van der Waals surface area contributed by atoms with E-state index in [0.717, 1.165) is 57.1 Å². The number of likely N-dealkylation sites (N-methyl/N-ethyl adjacent to an activating group) is 2. The lowest BCUT2D eigenvalue weighted by atomic mass is 9.84. The van der Waals surface area contributed by atoms with Crippen LogP contribution in [0.3, 0.4) is 0 Å². The van der Waals surface area contributed by atoms with Crippen molar-refractivity contribution in [1.29, 1.82) is 0 Å². The van der Waals surface area contributed by atoms with Crippen molar-refractivity contribution in [2.75, 3.05) is 125 Å². The minimum Gasteiger partial charge on any atom is -0.379 e. The zero-order chi connectivity index (χ0) is 53.1. The molecule has 16 nitrogen and oxygen atoms in total. The molecule has 4 aromatic rings. The first-order valence-electron chi connectivity index (χ1n) is 24.9. The fraction of sp³-hybridized carbons (Fsp3) is 0.509. The van der Waals surface area contributed by atoms with Crippen molar-refractivity contribution in [3.05, 3.63) is 127 Å². The number of ketones is 1. The number of hydrogen-bond acceptors (Lipinski definition) is 14. The van der Waals surface area contributed by atoms with Gasteiger partial charge in [-0.3, -0.25) is 9.59 Å². The van der Waals surface area contributed by atoms with Gasteiger partial charge in [0.2, 0.25) is 15.8 Å². The average molecular weight is 1120 g/mol. The topological polar surface area (TPSA) is 188 Å². The third-order valence-corrected chi connectivity index (χ3v) is 16.7. The maximum Gasteiger partial charge on any atom is 0.287 e. The summed E-state index contributed by atoms with van der Waals surface area (Å²) in [4.78, 5) is 29.2. The Bertz CT molecular complexity index is 2530. The van der Waals surface area contributed by atoms with E-state index in [1.807, 2.05) is 45.3 Å². The van der Waals surface area contributed by atoms with Crippen LogP contribution < -0.4 is 10.0 Å². The molecule has 0 saturated heterocycles. The number of carbonyl (C=O) groups is 2. The summed E-state index contributed by atoms with van der Waals surface area (Å²) in [6.07, 6.45) is 0.755. The second kappa shape index (κ2) is 29.8. The molecular weight excluding hydrogens is 1060 g/mol. The van der Waals surface area contributed by atoms with Crippen LogP contribution in [0.5, 0.6) is 0 Å². The van der Waals surface area contributed by atoms with E-state index >= 15 is 0 Å². The molecule has 21 heteroatoms. The molecule has 0 aromatic heterocycles. The molecule has 0 spiro atoms. The predicted molar refractivity (Wildman–Crippen MR) is 286 cm³/mol. The van der Waals surface area contributed by atoms with E-state index in [9.17, 15) is 26.4 Å². The maximum absolute atomic E-state index is 13.2. The summed E-state index contributed by atoms with van der Waals surface area (Å²) in [6, 6.07) is 21.9. The number of sulfone groups is 1. The van der Waals surface area contributed by atoms with Crippen LogP contribution >= 0.6 is 34.8 Å². The van der Waals surface area contributed by atoms with Crippen LogP contribution in [0.4, 0.5) is 0 Å². The molecular formula is C53H69Cl3N4O12S2. The number of sulfonamides is 1. The molecule has 0 bridgehead atoms. The Balaban J connectivity index is 0.708. The number of benzene rings is 4. The Morgan fingerprint density at radius 2 is 1.08 bits per heavy atom. The highest BCUT2D eigenvalue weighted by Crippen LogP contribution is 2.40. The number of nitrogens with one attached hydrogen (secondary N) is 2. The van der Waals surface area contributed by atoms with Crippen molar-refractivity contribution in [1.82, 2.24) is 19.8 Å². The van der Waals surface area contributed by atoms with Crippen molar-refractivity contribution in [3.8, 4) is 0 Å². The summed E-state index contributed by atoms with van der Waals surface area (Å²) in [5.41, 5.74) is 7.09. The molecule has 2 unspecified atom stereocenters. The number of halogens is 3. The number of fused-ring (bicyclic) bond motifs is 2. The highest BCUT2D eigenvalue weighted by molar-refractivity contribution is 7.91. The van der Waals surface area contributed by atoms with Gasteiger partial charge in [-0.15, -0.1) is 0 Å². The third kappa shape index (κ3) is 18.3. The summed E-state index contributed by atoms with van der Waals surface area (Å²) < 4.78 is 88.5. The number of Topliss-reactive ketones (excluding diaryl/α,β-unsaturated/α-hetero) is 1. The highest BCUT2D eigenvalue weighted by Gasteiger charge is 2.30. The zero-order valence-corrected chi connectivity index (χ0v) is 46.3. The molecule has 0 radical (unpaired) electrons. The number of ether oxygens (including phenoxy) is 6. The Labute approximate surface area is 451 Å². The monoisotopic (exact) mass is 1120 g/mol. The van der Waals surface area contributed by atoms with Gasteiger partial charge in [-0.25, -0.2) is 21.6 Å². The molecule has 2 aliphatic heterocycles. The van der Waals surface area contributed by atoms with Gasteiger partial charge in [-0.05, 0) is 115 Å². The largest absolute Gasteiger partial charge is 0.379 e. The molecule has 1 amide bonds. The Morgan fingerprint density at radius 3 is 1.68 bits per heavy atom. The molecule has 74 heavy (non-hydrogen) atoms. The second-order valence-electron chi connectivity index (χ2n) is 18.4. The van der Waals surface area contributed by atoms with E-state index < -0.39 is 31.6 Å². The molecule has 2 atom stereocenters. The summed E-state index contributed by atoms with van der Waals surface area (Å²) in [6.45, 7) is 8.45. The number of carbonyl (C=O) groups excluding carboxylic acids is 2. The number of hydrogen-bond donors (Lipinski definition) is 2. The summed E-state index contributed by atoms with van der Waals surface area (Å²) in [5.74, 6) is -1.35. The van der Waals surface area contributed by atoms with Crippen molar-refractivity contribution >= 4 is 66.4 Å². The van der Waals surface area contributed by atoms with Gasteiger partial charge in [0.25, 0.3) is 5.91 Å². The zero-order valence-electron chi connectivity index (χ0n) is 42.4. The SMILES string of the molecule is Cc1cc(Cl)c2c(c1)C(c1cccc(S(=O)(=O)NCCOCCOCCOCCNC(=O)C(=O)CCCOCCOCCOCCCS(=O)(=O)c3cccc(C4CN(C)Cc5c(Cl)cc(Cl)cc54)c3)c1)CN(C)C2. The van der Waals surface area contributed by atoms with E-state index in [4.69, 9.17) is 63.2 Å². The van der Waals surface area contributed by atoms with Crippen molar-refractivity contribution < 1.29 is 54.8 Å². The number of aryl methyl sites for hydroxylation is 1. The summed E-state index contributed by atoms with van der Waals surface area (Å²) >= 11 is 19.5. The van der Waals surface area contributed by atoms with Crippen LogP contribution in [0, 0.1) is 6.92 Å². The molecule has 2 heterocycles. The smallest absolute Gasteiger partial charge is 0.287 e. The van der Waals surface area contributed by atoms with Crippen LogP contribution in [0.15, 0.2) is 82.6 Å². The first-order chi connectivity index (χ1) is 35.5. The van der Waals surface area contributed by atoms with Crippen LogP contribution in [0.25, 0.3) is 0 Å². The van der Waals surface area contributed by atoms with E-state index in [0.29, 0.717) is 69.0 Å². The van der Waals surface area contributed by atoms with Crippen LogP contribution in [-0.2, 0) is 71.0 Å². The van der Waals surface area contributed by atoms with E-state index in [2.05, 4.69) is 25.9 Å². The Kier molecular flexibility index (Phi) is 24.0. The van der Waals surface area contributed by atoms with Gasteiger partial charge >= 0.3 is 0 Å². The van der Waals surface area contributed by atoms with Gasteiger partial charge in [-0.1, -0.05) is 65.1 Å². The van der Waals surface area contributed by atoms with E-state index in [1.165, 1.54) is 0 Å². The fourth-order valence-electron chi connectivity index (χ4n) is 8.93. The summed E-state index contributed by atoms with van der Waals surface area (Å²) in [7, 11) is -3.26. The Hall–Kier alpha value is -3.57. The van der Waals surface area contributed by atoms with E-state index in [1.54, 1.807) is 42.5 Å². The lowest BCUT2D eigenvalue weighted by Crippen LogP contribution is -2.33. The van der Waals surface area contributed by atoms with Crippen LogP contribution in [-0.4, -0.2) is 164 Å². The van der Waals surface area contributed by atoms with E-state index in [-0.39, 0.29) is 93.1 Å². The van der Waals surface area contributed by atoms with Gasteiger partial charge in [-0.2, -0.15) is 0 Å². The fourth-order valence-corrected chi connectivity index (χ4v) is 12.2. The maximum atomic E-state index is 13.2. The molecule has 2 aliphatic rings. The van der Waals surface area contributed by atoms with Gasteiger partial charge in [0.1, 0.15) is 0 Å². The molecule has 2 N–H and O–H groups in total. The van der Waals surface area contributed by atoms with Gasteiger partial charge in [0.15, 0.2) is 9.84 Å². The van der Waals surface area contributed by atoms with Crippen molar-refractivity contribution in [3.63, 3.8) is 0 Å².